The Bertz CT molecular complexity index is 1620. The quantitative estimate of drug-likeness (QED) is 0.0358. The molecule has 52 heavy (non-hydrogen) atoms. The van der Waals surface area contributed by atoms with Crippen molar-refractivity contribution < 1.29 is 68.8 Å². The molecule has 3 aromatic carbocycles. The van der Waals surface area contributed by atoms with Crippen molar-refractivity contribution in [1.82, 2.24) is 15.5 Å². The Balaban J connectivity index is 1.41. The number of carbonyl (C=O) groups excluding carboxylic acids is 5. The lowest BCUT2D eigenvalue weighted by molar-refractivity contribution is -0.144. The fourth-order valence-corrected chi connectivity index (χ4v) is 4.59. The number of nitrogens with one attached hydrogen (secondary N) is 2. The maximum atomic E-state index is 12.4. The van der Waals surface area contributed by atoms with Crippen LogP contribution < -0.4 is 10.6 Å². The Morgan fingerprint density at radius 2 is 0.885 bits per heavy atom. The molecule has 0 bridgehead atoms. The summed E-state index contributed by atoms with van der Waals surface area (Å²) < 4.78 is 15.8. The average molecular weight is 728 g/mol. The Morgan fingerprint density at radius 1 is 0.519 bits per heavy atom. The molecule has 0 unspecified atom stereocenters. The second-order valence-corrected chi connectivity index (χ2v) is 11.2. The second kappa shape index (κ2) is 20.4. The molecule has 0 saturated carbocycles. The van der Waals surface area contributed by atoms with Crippen LogP contribution in [0, 0.1) is 0 Å². The minimum Gasteiger partial charge on any atom is -0.504 e. The van der Waals surface area contributed by atoms with Crippen LogP contribution in [0.1, 0.15) is 56.8 Å². The lowest BCUT2D eigenvalue weighted by Gasteiger charge is -2.22. The monoisotopic (exact) mass is 727 g/mol. The molecule has 3 aromatic rings. The van der Waals surface area contributed by atoms with E-state index in [0.29, 0.717) is 0 Å². The van der Waals surface area contributed by atoms with E-state index in [1.54, 1.807) is 4.90 Å². The van der Waals surface area contributed by atoms with Gasteiger partial charge in [-0.2, -0.15) is 0 Å². The molecule has 0 spiro atoms. The molecule has 0 radical (unpaired) electrons. The summed E-state index contributed by atoms with van der Waals surface area (Å²) in [6, 6.07) is 11.8. The van der Waals surface area contributed by atoms with Crippen LogP contribution in [0.3, 0.4) is 0 Å². The number of para-hydroxylation sites is 3. The lowest BCUT2D eigenvalue weighted by Crippen LogP contribution is -2.35. The van der Waals surface area contributed by atoms with Gasteiger partial charge in [-0.3, -0.25) is 24.1 Å². The van der Waals surface area contributed by atoms with E-state index in [1.165, 1.54) is 54.6 Å². The molecule has 2 amide bonds. The summed E-state index contributed by atoms with van der Waals surface area (Å²) in [5.74, 6) is -6.36. The third-order valence-corrected chi connectivity index (χ3v) is 7.42. The zero-order valence-corrected chi connectivity index (χ0v) is 28.1. The van der Waals surface area contributed by atoms with Gasteiger partial charge in [0, 0.05) is 45.6 Å². The molecule has 0 aromatic heterocycles. The van der Waals surface area contributed by atoms with E-state index in [0.717, 1.165) is 0 Å². The first-order chi connectivity index (χ1) is 24.9. The lowest BCUT2D eigenvalue weighted by atomic mass is 10.1. The number of amides is 2. The summed E-state index contributed by atoms with van der Waals surface area (Å²) in [4.78, 5) is 63.1. The number of hydrogen-bond acceptors (Lipinski definition) is 15. The molecule has 0 heterocycles. The van der Waals surface area contributed by atoms with Crippen molar-refractivity contribution in [2.45, 2.75) is 25.7 Å². The van der Waals surface area contributed by atoms with E-state index in [9.17, 15) is 54.6 Å². The van der Waals surface area contributed by atoms with E-state index < -0.39 is 64.2 Å². The summed E-state index contributed by atoms with van der Waals surface area (Å²) in [6.45, 7) is 0.278. The Labute approximate surface area is 298 Å². The number of carbonyl (C=O) groups is 5. The first kappa shape index (κ1) is 40.2. The molecule has 0 aliphatic heterocycles. The Morgan fingerprint density at radius 3 is 1.31 bits per heavy atom. The number of hydrogen-bond donors (Lipinski definition) is 8. The van der Waals surface area contributed by atoms with Gasteiger partial charge in [0.2, 0.25) is 0 Å². The largest absolute Gasteiger partial charge is 0.504 e. The van der Waals surface area contributed by atoms with E-state index in [2.05, 4.69) is 10.6 Å². The SMILES string of the molecule is O=C(CCCNC(=O)c1cccc(O)c1O)OCCN(CCOC(=O)CCCNC(=O)c1cccc(O)c1O)CCOC(=O)c1cccc(O)c1O. The number of benzene rings is 3. The van der Waals surface area contributed by atoms with Gasteiger partial charge in [-0.25, -0.2) is 4.79 Å². The maximum Gasteiger partial charge on any atom is 0.342 e. The number of rotatable bonds is 20. The molecule has 280 valence electrons. The van der Waals surface area contributed by atoms with E-state index in [4.69, 9.17) is 14.2 Å². The highest BCUT2D eigenvalue weighted by molar-refractivity contribution is 5.98. The number of esters is 3. The van der Waals surface area contributed by atoms with Gasteiger partial charge in [0.15, 0.2) is 34.5 Å². The van der Waals surface area contributed by atoms with Gasteiger partial charge in [0.05, 0.1) is 11.1 Å². The number of ether oxygens (including phenoxy) is 3. The fourth-order valence-electron chi connectivity index (χ4n) is 4.59. The molecule has 3 rings (SSSR count). The van der Waals surface area contributed by atoms with Crippen molar-refractivity contribution in [3.05, 3.63) is 71.3 Å². The normalized spacial score (nSPS) is 10.7. The third-order valence-electron chi connectivity index (χ3n) is 7.42. The van der Waals surface area contributed by atoms with Crippen LogP contribution in [0.4, 0.5) is 0 Å². The molecule has 0 fully saturated rings. The van der Waals surface area contributed by atoms with Crippen molar-refractivity contribution >= 4 is 29.7 Å². The number of phenolic OH excluding ortho intramolecular Hbond substituents is 6. The van der Waals surface area contributed by atoms with Gasteiger partial charge in [-0.05, 0) is 49.2 Å². The number of nitrogens with zero attached hydrogens (tertiary/aromatic N) is 1. The van der Waals surface area contributed by atoms with Crippen molar-refractivity contribution in [2.24, 2.45) is 0 Å². The van der Waals surface area contributed by atoms with E-state index in [-0.39, 0.29) is 94.9 Å². The molecular weight excluding hydrogens is 686 g/mol. The highest BCUT2D eigenvalue weighted by Crippen LogP contribution is 2.30. The number of aromatic hydroxyl groups is 6. The summed E-state index contributed by atoms with van der Waals surface area (Å²) in [6.07, 6.45) is 0.377. The van der Waals surface area contributed by atoms with Gasteiger partial charge in [0.25, 0.3) is 11.8 Å². The number of phenols is 6. The smallest absolute Gasteiger partial charge is 0.342 e. The van der Waals surface area contributed by atoms with Crippen LogP contribution in [-0.4, -0.2) is 118 Å². The minimum absolute atomic E-state index is 0.0373. The zero-order valence-electron chi connectivity index (χ0n) is 28.1. The van der Waals surface area contributed by atoms with E-state index >= 15 is 0 Å². The molecule has 0 atom stereocenters. The highest BCUT2D eigenvalue weighted by atomic mass is 16.5. The third kappa shape index (κ3) is 12.6. The Hall–Kier alpha value is -6.23. The van der Waals surface area contributed by atoms with Gasteiger partial charge in [0.1, 0.15) is 25.4 Å². The highest BCUT2D eigenvalue weighted by Gasteiger charge is 2.18. The molecule has 17 heteroatoms. The van der Waals surface area contributed by atoms with Crippen LogP contribution in [0.2, 0.25) is 0 Å². The average Bonchev–Trinajstić information content (AvgIpc) is 3.11. The first-order valence-electron chi connectivity index (χ1n) is 16.2. The van der Waals surface area contributed by atoms with Gasteiger partial charge in [-0.1, -0.05) is 18.2 Å². The predicted octanol–water partition coefficient (Wildman–Crippen LogP) is 1.89. The summed E-state index contributed by atoms with van der Waals surface area (Å²) >= 11 is 0. The maximum absolute atomic E-state index is 12.4. The molecule has 17 nitrogen and oxygen atoms in total. The van der Waals surface area contributed by atoms with Crippen LogP contribution in [0.5, 0.6) is 34.5 Å². The van der Waals surface area contributed by atoms with Gasteiger partial charge < -0.3 is 55.5 Å². The van der Waals surface area contributed by atoms with Crippen LogP contribution in [0.25, 0.3) is 0 Å². The summed E-state index contributed by atoms with van der Waals surface area (Å²) in [5.41, 5.74) is -0.469. The van der Waals surface area contributed by atoms with Crippen LogP contribution in [-0.2, 0) is 23.8 Å². The minimum atomic E-state index is -0.885. The Kier molecular flexibility index (Phi) is 15.8. The molecule has 0 saturated heterocycles. The summed E-state index contributed by atoms with van der Waals surface area (Å²) in [7, 11) is 0. The van der Waals surface area contributed by atoms with Crippen molar-refractivity contribution in [1.29, 1.82) is 0 Å². The fraction of sp³-hybridized carbons (Fsp3) is 0.343. The zero-order chi connectivity index (χ0) is 38.0. The van der Waals surface area contributed by atoms with E-state index in [1.807, 2.05) is 0 Å². The molecule has 8 N–H and O–H groups in total. The summed E-state index contributed by atoms with van der Waals surface area (Å²) in [5, 5.41) is 63.4. The van der Waals surface area contributed by atoms with Crippen molar-refractivity contribution in [2.75, 3.05) is 52.5 Å². The first-order valence-corrected chi connectivity index (χ1v) is 16.2. The van der Waals surface area contributed by atoms with Gasteiger partial charge >= 0.3 is 17.9 Å². The van der Waals surface area contributed by atoms with Crippen molar-refractivity contribution in [3.8, 4) is 34.5 Å². The second-order valence-electron chi connectivity index (χ2n) is 11.2. The topological polar surface area (TPSA) is 262 Å². The standard InChI is InChI=1S/C35H41N3O14/c39-25-9-1-6-22(30(25)44)33(47)36-14-4-12-28(42)50-19-16-38(18-21-52-35(49)24-8-3-11-27(41)32(24)46)17-20-51-29(43)13-5-15-37-34(48)23-7-2-10-26(40)31(23)45/h1-3,6-11,39-41,44-46H,4-5,12-21H2,(H,36,47)(H,37,48). The van der Waals surface area contributed by atoms with Crippen LogP contribution in [0.15, 0.2) is 54.6 Å². The molecule has 0 aliphatic carbocycles. The molecular formula is C35H41N3O14. The van der Waals surface area contributed by atoms with Crippen molar-refractivity contribution in [3.63, 3.8) is 0 Å². The molecule has 0 aliphatic rings. The van der Waals surface area contributed by atoms with Crippen LogP contribution >= 0.6 is 0 Å². The predicted molar refractivity (Wildman–Crippen MR) is 181 cm³/mol. The van der Waals surface area contributed by atoms with Gasteiger partial charge in [-0.15, -0.1) is 0 Å².